The Morgan fingerprint density at radius 1 is 1.40 bits per heavy atom. The fourth-order valence-electron chi connectivity index (χ4n) is 2.81. The smallest absolute Gasteiger partial charge is 0.119 e. The average Bonchev–Trinajstić information content (AvgIpc) is 2.99. The van der Waals surface area contributed by atoms with E-state index in [-0.39, 0.29) is 0 Å². The van der Waals surface area contributed by atoms with Gasteiger partial charge in [-0.3, -0.25) is 0 Å². The Morgan fingerprint density at radius 3 is 3.05 bits per heavy atom. The minimum atomic E-state index is 0.291. The van der Waals surface area contributed by atoms with Crippen molar-refractivity contribution < 1.29 is 4.74 Å². The third-order valence-corrected chi connectivity index (χ3v) is 5.23. The van der Waals surface area contributed by atoms with Gasteiger partial charge in [-0.1, -0.05) is 23.7 Å². The molecule has 1 aromatic heterocycles. The van der Waals surface area contributed by atoms with Crippen LogP contribution in [0.5, 0.6) is 5.75 Å². The number of aryl methyl sites for hydroxylation is 1. The van der Waals surface area contributed by atoms with Crippen molar-refractivity contribution in [2.45, 2.75) is 31.8 Å². The highest BCUT2D eigenvalue weighted by molar-refractivity contribution is 7.16. The normalized spacial score (nSPS) is 18.9. The Bertz CT molecular complexity index is 610. The van der Waals surface area contributed by atoms with E-state index in [0.29, 0.717) is 12.1 Å². The second kappa shape index (κ2) is 5.76. The minimum absolute atomic E-state index is 0.291. The van der Waals surface area contributed by atoms with Crippen molar-refractivity contribution in [3.05, 3.63) is 50.7 Å². The molecule has 2 unspecified atom stereocenters. The molecule has 2 aromatic rings. The van der Waals surface area contributed by atoms with Crippen LogP contribution in [-0.4, -0.2) is 7.11 Å². The first kappa shape index (κ1) is 13.9. The van der Waals surface area contributed by atoms with Crippen LogP contribution in [0.3, 0.4) is 0 Å². The van der Waals surface area contributed by atoms with E-state index in [1.54, 1.807) is 18.4 Å². The number of benzene rings is 1. The van der Waals surface area contributed by atoms with Gasteiger partial charge in [-0.2, -0.15) is 0 Å². The van der Waals surface area contributed by atoms with E-state index in [1.165, 1.54) is 16.0 Å². The summed E-state index contributed by atoms with van der Waals surface area (Å²) in [6.07, 6.45) is 2.29. The zero-order chi connectivity index (χ0) is 14.1. The maximum Gasteiger partial charge on any atom is 0.119 e. The molecule has 20 heavy (non-hydrogen) atoms. The Balaban J connectivity index is 1.74. The summed E-state index contributed by atoms with van der Waals surface area (Å²) in [7, 11) is 1.70. The number of rotatable bonds is 4. The highest BCUT2D eigenvalue weighted by Crippen LogP contribution is 2.40. The van der Waals surface area contributed by atoms with Gasteiger partial charge in [-0.05, 0) is 49.1 Å². The number of methoxy groups -OCH3 is 1. The highest BCUT2D eigenvalue weighted by atomic mass is 35.5. The number of fused-ring (bicyclic) bond motifs is 1. The SMILES string of the molecule is COc1cccc(C(C)NC2CCc3sc(Cl)cc32)c1. The molecule has 0 amide bonds. The van der Waals surface area contributed by atoms with Gasteiger partial charge >= 0.3 is 0 Å². The molecule has 0 saturated heterocycles. The van der Waals surface area contributed by atoms with Gasteiger partial charge in [0.1, 0.15) is 5.75 Å². The molecular formula is C16H18ClNOS. The molecule has 0 spiro atoms. The summed E-state index contributed by atoms with van der Waals surface area (Å²) in [6, 6.07) is 11.1. The van der Waals surface area contributed by atoms with Gasteiger partial charge in [-0.15, -0.1) is 11.3 Å². The summed E-state index contributed by atoms with van der Waals surface area (Å²) in [5, 5.41) is 3.71. The van der Waals surface area contributed by atoms with E-state index in [1.807, 2.05) is 12.1 Å². The molecule has 2 nitrogen and oxygen atoms in total. The van der Waals surface area contributed by atoms with Gasteiger partial charge in [-0.25, -0.2) is 0 Å². The van der Waals surface area contributed by atoms with Crippen LogP contribution in [0.15, 0.2) is 30.3 Å². The molecule has 0 saturated carbocycles. The predicted molar refractivity (Wildman–Crippen MR) is 84.9 cm³/mol. The Kier molecular flexibility index (Phi) is 4.01. The third kappa shape index (κ3) is 2.71. The van der Waals surface area contributed by atoms with Gasteiger partial charge in [0.05, 0.1) is 11.4 Å². The van der Waals surface area contributed by atoms with Crippen molar-refractivity contribution in [2.24, 2.45) is 0 Å². The van der Waals surface area contributed by atoms with E-state index in [0.717, 1.165) is 22.9 Å². The molecule has 0 aliphatic heterocycles. The second-order valence-electron chi connectivity index (χ2n) is 5.19. The molecule has 0 radical (unpaired) electrons. The second-order valence-corrected chi connectivity index (χ2v) is 6.95. The average molecular weight is 308 g/mol. The van der Waals surface area contributed by atoms with Crippen molar-refractivity contribution in [3.63, 3.8) is 0 Å². The van der Waals surface area contributed by atoms with Gasteiger partial charge < -0.3 is 10.1 Å². The lowest BCUT2D eigenvalue weighted by Gasteiger charge is -2.20. The summed E-state index contributed by atoms with van der Waals surface area (Å²) in [6.45, 7) is 2.20. The number of nitrogens with one attached hydrogen (secondary N) is 1. The fraction of sp³-hybridized carbons (Fsp3) is 0.375. The molecule has 1 aliphatic rings. The molecule has 1 aliphatic carbocycles. The Labute approximate surface area is 128 Å². The zero-order valence-corrected chi connectivity index (χ0v) is 13.2. The van der Waals surface area contributed by atoms with Gasteiger partial charge in [0.25, 0.3) is 0 Å². The number of ether oxygens (including phenoxy) is 1. The zero-order valence-electron chi connectivity index (χ0n) is 11.7. The Hall–Kier alpha value is -1.03. The minimum Gasteiger partial charge on any atom is -0.497 e. The summed E-state index contributed by atoms with van der Waals surface area (Å²) < 4.78 is 6.19. The first-order chi connectivity index (χ1) is 9.67. The predicted octanol–water partition coefficient (Wildman–Crippen LogP) is 4.75. The molecule has 4 heteroatoms. The summed E-state index contributed by atoms with van der Waals surface area (Å²) in [5.74, 6) is 0.904. The maximum absolute atomic E-state index is 6.11. The van der Waals surface area contributed by atoms with Crippen LogP contribution < -0.4 is 10.1 Å². The fourth-order valence-corrected chi connectivity index (χ4v) is 4.17. The lowest BCUT2D eigenvalue weighted by atomic mass is 10.1. The molecule has 106 valence electrons. The van der Waals surface area contributed by atoms with Crippen LogP contribution in [0.2, 0.25) is 4.34 Å². The van der Waals surface area contributed by atoms with Crippen molar-refractivity contribution >= 4 is 22.9 Å². The molecule has 3 rings (SSSR count). The lowest BCUT2D eigenvalue weighted by molar-refractivity contribution is 0.411. The summed E-state index contributed by atoms with van der Waals surface area (Å²) in [5.41, 5.74) is 2.63. The summed E-state index contributed by atoms with van der Waals surface area (Å²) >= 11 is 7.83. The van der Waals surface area contributed by atoms with Crippen molar-refractivity contribution in [2.75, 3.05) is 7.11 Å². The summed E-state index contributed by atoms with van der Waals surface area (Å²) in [4.78, 5) is 1.44. The Morgan fingerprint density at radius 2 is 2.25 bits per heavy atom. The molecule has 1 heterocycles. The largest absolute Gasteiger partial charge is 0.497 e. The first-order valence-corrected chi connectivity index (χ1v) is 8.05. The van der Waals surface area contributed by atoms with E-state index < -0.39 is 0 Å². The van der Waals surface area contributed by atoms with Crippen molar-refractivity contribution in [1.82, 2.24) is 5.32 Å². The van der Waals surface area contributed by atoms with Crippen LogP contribution in [0.1, 0.15) is 41.4 Å². The van der Waals surface area contributed by atoms with E-state index >= 15 is 0 Å². The van der Waals surface area contributed by atoms with Gasteiger partial charge in [0.15, 0.2) is 0 Å². The molecular weight excluding hydrogens is 290 g/mol. The topological polar surface area (TPSA) is 21.3 Å². The van der Waals surface area contributed by atoms with Crippen molar-refractivity contribution in [3.8, 4) is 5.75 Å². The number of thiophene rings is 1. The lowest BCUT2D eigenvalue weighted by Crippen LogP contribution is -2.22. The van der Waals surface area contributed by atoms with Crippen LogP contribution in [-0.2, 0) is 6.42 Å². The van der Waals surface area contributed by atoms with E-state index in [4.69, 9.17) is 16.3 Å². The third-order valence-electron chi connectivity index (χ3n) is 3.89. The van der Waals surface area contributed by atoms with Crippen LogP contribution in [0.25, 0.3) is 0 Å². The van der Waals surface area contributed by atoms with E-state index in [9.17, 15) is 0 Å². The monoisotopic (exact) mass is 307 g/mol. The quantitative estimate of drug-likeness (QED) is 0.880. The molecule has 1 aromatic carbocycles. The van der Waals surface area contributed by atoms with Crippen LogP contribution >= 0.6 is 22.9 Å². The number of hydrogen-bond acceptors (Lipinski definition) is 3. The highest BCUT2D eigenvalue weighted by Gasteiger charge is 2.26. The number of hydrogen-bond donors (Lipinski definition) is 1. The standard InChI is InChI=1S/C16H18ClNOS/c1-10(11-4-3-5-12(8-11)19-2)18-14-6-7-15-13(14)9-16(17)20-15/h3-5,8-10,14,18H,6-7H2,1-2H3. The van der Waals surface area contributed by atoms with Gasteiger partial charge in [0, 0.05) is 17.0 Å². The van der Waals surface area contributed by atoms with Crippen molar-refractivity contribution in [1.29, 1.82) is 0 Å². The first-order valence-electron chi connectivity index (χ1n) is 6.85. The van der Waals surface area contributed by atoms with Crippen LogP contribution in [0, 0.1) is 0 Å². The number of halogens is 1. The molecule has 0 bridgehead atoms. The molecule has 1 N–H and O–H groups in total. The van der Waals surface area contributed by atoms with Gasteiger partial charge in [0.2, 0.25) is 0 Å². The molecule has 0 fully saturated rings. The maximum atomic E-state index is 6.11. The van der Waals surface area contributed by atoms with E-state index in [2.05, 4.69) is 30.4 Å². The van der Waals surface area contributed by atoms with Crippen LogP contribution in [0.4, 0.5) is 0 Å². The molecule has 2 atom stereocenters.